The first-order chi connectivity index (χ1) is 7.62. The van der Waals surface area contributed by atoms with Crippen molar-refractivity contribution in [3.05, 3.63) is 17.5 Å². The van der Waals surface area contributed by atoms with Crippen LogP contribution in [0.25, 0.3) is 0 Å². The fourth-order valence-electron chi connectivity index (χ4n) is 1.40. The van der Waals surface area contributed by atoms with E-state index in [0.717, 1.165) is 0 Å². The van der Waals surface area contributed by atoms with Crippen molar-refractivity contribution in [2.24, 2.45) is 7.05 Å². The second-order valence-corrected chi connectivity index (χ2v) is 3.55. The summed E-state index contributed by atoms with van der Waals surface area (Å²) in [6, 6.07) is -0.627. The summed E-state index contributed by atoms with van der Waals surface area (Å²) in [6.07, 6.45) is 2.28. The predicted molar refractivity (Wildman–Crippen MR) is 58.0 cm³/mol. The lowest BCUT2D eigenvalue weighted by atomic mass is 10.2. The van der Waals surface area contributed by atoms with E-state index in [1.165, 1.54) is 0 Å². The van der Waals surface area contributed by atoms with Crippen LogP contribution in [0.3, 0.4) is 0 Å². The number of rotatable bonds is 5. The van der Waals surface area contributed by atoms with Gasteiger partial charge in [0.15, 0.2) is 0 Å². The molecule has 1 aromatic rings. The van der Waals surface area contributed by atoms with Crippen molar-refractivity contribution in [1.82, 2.24) is 15.1 Å². The second kappa shape index (κ2) is 5.62. The van der Waals surface area contributed by atoms with Gasteiger partial charge in [-0.3, -0.25) is 9.48 Å². The Balaban J connectivity index is 2.79. The van der Waals surface area contributed by atoms with Crippen molar-refractivity contribution in [2.75, 3.05) is 13.2 Å². The first-order valence-electron chi connectivity index (χ1n) is 5.17. The van der Waals surface area contributed by atoms with Gasteiger partial charge >= 0.3 is 0 Å². The number of carbonyl (C=O) groups excluding carboxylic acids is 1. The summed E-state index contributed by atoms with van der Waals surface area (Å²) < 4.78 is 1.57. The quantitative estimate of drug-likeness (QED) is 0.606. The van der Waals surface area contributed by atoms with Crippen LogP contribution in [0.15, 0.2) is 6.20 Å². The minimum Gasteiger partial charge on any atom is -0.394 e. The fourth-order valence-corrected chi connectivity index (χ4v) is 1.40. The van der Waals surface area contributed by atoms with Crippen molar-refractivity contribution >= 4 is 5.91 Å². The molecule has 0 fully saturated rings. The number of nitrogens with zero attached hydrogens (tertiary/aromatic N) is 2. The fraction of sp³-hybridized carbons (Fsp3) is 0.600. The molecule has 90 valence electrons. The summed E-state index contributed by atoms with van der Waals surface area (Å²) >= 11 is 0. The van der Waals surface area contributed by atoms with Gasteiger partial charge in [0.25, 0.3) is 5.91 Å². The van der Waals surface area contributed by atoms with Crippen molar-refractivity contribution in [3.63, 3.8) is 0 Å². The summed E-state index contributed by atoms with van der Waals surface area (Å²) in [6.45, 7) is 1.34. The first kappa shape index (κ1) is 12.7. The SMILES string of the molecule is CCc1nn(C)cc1C(=O)NC(CO)CO. The van der Waals surface area contributed by atoms with Gasteiger partial charge in [0.1, 0.15) is 0 Å². The maximum absolute atomic E-state index is 11.8. The molecule has 0 aliphatic carbocycles. The van der Waals surface area contributed by atoms with Gasteiger partial charge in [0.2, 0.25) is 0 Å². The van der Waals surface area contributed by atoms with Gasteiger partial charge < -0.3 is 15.5 Å². The van der Waals surface area contributed by atoms with E-state index < -0.39 is 6.04 Å². The third kappa shape index (κ3) is 2.80. The number of aromatic nitrogens is 2. The lowest BCUT2D eigenvalue weighted by Crippen LogP contribution is -2.40. The van der Waals surface area contributed by atoms with Gasteiger partial charge in [-0.05, 0) is 6.42 Å². The molecule has 1 rings (SSSR count). The number of amides is 1. The number of carbonyl (C=O) groups is 1. The Hall–Kier alpha value is -1.40. The maximum Gasteiger partial charge on any atom is 0.255 e. The van der Waals surface area contributed by atoms with Crippen LogP contribution in [0.2, 0.25) is 0 Å². The van der Waals surface area contributed by atoms with Gasteiger partial charge in [-0.1, -0.05) is 6.92 Å². The minimum absolute atomic E-state index is 0.288. The highest BCUT2D eigenvalue weighted by molar-refractivity contribution is 5.95. The van der Waals surface area contributed by atoms with Crippen molar-refractivity contribution in [3.8, 4) is 0 Å². The van der Waals surface area contributed by atoms with E-state index in [1.807, 2.05) is 6.92 Å². The number of hydrogen-bond donors (Lipinski definition) is 3. The molecule has 6 nitrogen and oxygen atoms in total. The van der Waals surface area contributed by atoms with Gasteiger partial charge in [0.05, 0.1) is 30.5 Å². The molecular weight excluding hydrogens is 210 g/mol. The topological polar surface area (TPSA) is 87.4 Å². The average Bonchev–Trinajstić information content (AvgIpc) is 2.67. The van der Waals surface area contributed by atoms with E-state index in [4.69, 9.17) is 10.2 Å². The Morgan fingerprint density at radius 1 is 1.56 bits per heavy atom. The molecule has 1 heterocycles. The number of aryl methyl sites for hydroxylation is 2. The molecule has 0 aromatic carbocycles. The number of aliphatic hydroxyl groups excluding tert-OH is 2. The lowest BCUT2D eigenvalue weighted by molar-refractivity contribution is 0.0878. The van der Waals surface area contributed by atoms with Crippen molar-refractivity contribution in [1.29, 1.82) is 0 Å². The molecule has 0 aliphatic heterocycles. The van der Waals surface area contributed by atoms with Crippen molar-refractivity contribution < 1.29 is 15.0 Å². The van der Waals surface area contributed by atoms with Crippen LogP contribution in [0.1, 0.15) is 23.0 Å². The Morgan fingerprint density at radius 3 is 2.69 bits per heavy atom. The van der Waals surface area contributed by atoms with E-state index in [-0.39, 0.29) is 19.1 Å². The Bertz CT molecular complexity index is 358. The van der Waals surface area contributed by atoms with Crippen LogP contribution in [-0.2, 0) is 13.5 Å². The van der Waals surface area contributed by atoms with Gasteiger partial charge in [-0.15, -0.1) is 0 Å². The zero-order valence-electron chi connectivity index (χ0n) is 9.47. The maximum atomic E-state index is 11.8. The molecule has 0 saturated carbocycles. The van der Waals surface area contributed by atoms with Gasteiger partial charge in [0, 0.05) is 13.2 Å². The zero-order valence-corrected chi connectivity index (χ0v) is 9.47. The van der Waals surface area contributed by atoms with E-state index in [0.29, 0.717) is 17.7 Å². The van der Waals surface area contributed by atoms with Gasteiger partial charge in [-0.25, -0.2) is 0 Å². The molecule has 0 bridgehead atoms. The first-order valence-corrected chi connectivity index (χ1v) is 5.17. The zero-order chi connectivity index (χ0) is 12.1. The summed E-state index contributed by atoms with van der Waals surface area (Å²) in [7, 11) is 1.74. The molecule has 3 N–H and O–H groups in total. The molecular formula is C10H17N3O3. The smallest absolute Gasteiger partial charge is 0.255 e. The van der Waals surface area contributed by atoms with Crippen LogP contribution in [0.5, 0.6) is 0 Å². The molecule has 0 aliphatic rings. The lowest BCUT2D eigenvalue weighted by Gasteiger charge is -2.12. The Morgan fingerprint density at radius 2 is 2.19 bits per heavy atom. The molecule has 6 heteroatoms. The average molecular weight is 227 g/mol. The molecule has 0 atom stereocenters. The van der Waals surface area contributed by atoms with E-state index in [1.54, 1.807) is 17.9 Å². The highest BCUT2D eigenvalue weighted by Gasteiger charge is 2.17. The molecule has 1 amide bonds. The molecule has 16 heavy (non-hydrogen) atoms. The third-order valence-electron chi connectivity index (χ3n) is 2.26. The minimum atomic E-state index is -0.627. The highest BCUT2D eigenvalue weighted by Crippen LogP contribution is 2.07. The van der Waals surface area contributed by atoms with E-state index >= 15 is 0 Å². The monoisotopic (exact) mass is 227 g/mol. The summed E-state index contributed by atoms with van der Waals surface area (Å²) in [4.78, 5) is 11.8. The summed E-state index contributed by atoms with van der Waals surface area (Å²) in [5.74, 6) is -0.321. The molecule has 0 unspecified atom stereocenters. The standard InChI is InChI=1S/C10H17N3O3/c1-3-9-8(4-13(2)12-9)10(16)11-7(5-14)6-15/h4,7,14-15H,3,5-6H2,1-2H3,(H,11,16). The van der Waals surface area contributed by atoms with Crippen LogP contribution >= 0.6 is 0 Å². The summed E-state index contributed by atoms with van der Waals surface area (Å²) in [5.41, 5.74) is 1.19. The largest absolute Gasteiger partial charge is 0.394 e. The van der Waals surface area contributed by atoms with Crippen LogP contribution in [0.4, 0.5) is 0 Å². The van der Waals surface area contributed by atoms with Crippen LogP contribution < -0.4 is 5.32 Å². The predicted octanol–water partition coefficient (Wildman–Crippen LogP) is -0.934. The molecule has 0 saturated heterocycles. The molecule has 0 spiro atoms. The molecule has 0 radical (unpaired) electrons. The van der Waals surface area contributed by atoms with Crippen LogP contribution in [-0.4, -0.2) is 45.2 Å². The van der Waals surface area contributed by atoms with Crippen molar-refractivity contribution in [2.45, 2.75) is 19.4 Å². The highest BCUT2D eigenvalue weighted by atomic mass is 16.3. The Labute approximate surface area is 93.9 Å². The van der Waals surface area contributed by atoms with Crippen LogP contribution in [0, 0.1) is 0 Å². The summed E-state index contributed by atoms with van der Waals surface area (Å²) in [5, 5.41) is 24.4. The number of hydrogen-bond acceptors (Lipinski definition) is 4. The third-order valence-corrected chi connectivity index (χ3v) is 2.26. The van der Waals surface area contributed by atoms with E-state index in [2.05, 4.69) is 10.4 Å². The number of aliphatic hydroxyl groups is 2. The molecule has 1 aromatic heterocycles. The van der Waals surface area contributed by atoms with Gasteiger partial charge in [-0.2, -0.15) is 5.10 Å². The normalized spacial score (nSPS) is 10.8. The second-order valence-electron chi connectivity index (χ2n) is 3.55. The number of nitrogens with one attached hydrogen (secondary N) is 1. The van der Waals surface area contributed by atoms with E-state index in [9.17, 15) is 4.79 Å². The Kier molecular flexibility index (Phi) is 4.45.